The van der Waals surface area contributed by atoms with E-state index in [1.165, 1.54) is 0 Å². The highest BCUT2D eigenvalue weighted by Crippen LogP contribution is 2.24. The molecule has 2 aromatic rings. The van der Waals surface area contributed by atoms with Crippen LogP contribution < -0.4 is 10.5 Å². The predicted octanol–water partition coefficient (Wildman–Crippen LogP) is 1.29. The van der Waals surface area contributed by atoms with E-state index in [9.17, 15) is 4.79 Å². The Labute approximate surface area is 98.8 Å². The number of carbonyl (C=O) groups is 1. The van der Waals surface area contributed by atoms with Crippen molar-refractivity contribution >= 4 is 5.91 Å². The maximum Gasteiger partial charge on any atom is 0.248 e. The summed E-state index contributed by atoms with van der Waals surface area (Å²) in [7, 11) is 1.55. The first kappa shape index (κ1) is 11.2. The monoisotopic (exact) mass is 231 g/mol. The first-order valence-electron chi connectivity index (χ1n) is 5.10. The molecule has 0 atom stereocenters. The van der Waals surface area contributed by atoms with E-state index < -0.39 is 5.91 Å². The molecule has 5 nitrogen and oxygen atoms in total. The molecule has 0 fully saturated rings. The molecule has 0 aliphatic heterocycles. The van der Waals surface area contributed by atoms with Crippen LogP contribution in [0.2, 0.25) is 0 Å². The van der Waals surface area contributed by atoms with E-state index in [0.717, 1.165) is 11.4 Å². The number of carbonyl (C=O) groups excluding carboxylic acids is 1. The lowest BCUT2D eigenvalue weighted by Crippen LogP contribution is -2.11. The number of imidazole rings is 1. The number of nitrogens with two attached hydrogens (primary N) is 1. The van der Waals surface area contributed by atoms with Gasteiger partial charge in [-0.05, 0) is 25.1 Å². The number of primary amides is 1. The van der Waals surface area contributed by atoms with Crippen molar-refractivity contribution in [2.24, 2.45) is 5.73 Å². The number of ether oxygens (including phenoxy) is 1. The van der Waals surface area contributed by atoms with Crippen molar-refractivity contribution in [2.75, 3.05) is 7.11 Å². The molecule has 0 saturated heterocycles. The van der Waals surface area contributed by atoms with Crippen LogP contribution in [0, 0.1) is 6.92 Å². The van der Waals surface area contributed by atoms with Gasteiger partial charge in [0.2, 0.25) is 5.91 Å². The zero-order valence-electron chi connectivity index (χ0n) is 9.68. The minimum absolute atomic E-state index is 0.419. The molecule has 2 rings (SSSR count). The molecule has 1 aromatic carbocycles. The first-order chi connectivity index (χ1) is 8.11. The van der Waals surface area contributed by atoms with Gasteiger partial charge in [0, 0.05) is 11.8 Å². The Hall–Kier alpha value is -2.30. The number of nitrogens with zero attached hydrogens (tertiary/aromatic N) is 2. The van der Waals surface area contributed by atoms with Gasteiger partial charge in [-0.3, -0.25) is 4.79 Å². The lowest BCUT2D eigenvalue weighted by atomic mass is 10.2. The molecule has 1 heterocycles. The molecule has 0 aliphatic rings. The molecule has 1 amide bonds. The first-order valence-corrected chi connectivity index (χ1v) is 5.10. The topological polar surface area (TPSA) is 70.1 Å². The van der Waals surface area contributed by atoms with Gasteiger partial charge in [-0.25, -0.2) is 4.98 Å². The van der Waals surface area contributed by atoms with E-state index in [2.05, 4.69) is 4.98 Å². The highest BCUT2D eigenvalue weighted by Gasteiger charge is 2.09. The maximum absolute atomic E-state index is 11.1. The maximum atomic E-state index is 11.1. The van der Waals surface area contributed by atoms with E-state index >= 15 is 0 Å². The van der Waals surface area contributed by atoms with Gasteiger partial charge in [-0.15, -0.1) is 0 Å². The minimum Gasteiger partial charge on any atom is -0.495 e. The largest absolute Gasteiger partial charge is 0.495 e. The number of aryl methyl sites for hydroxylation is 1. The summed E-state index contributed by atoms with van der Waals surface area (Å²) in [6.07, 6.45) is 3.57. The van der Waals surface area contributed by atoms with Crippen LogP contribution in [0.25, 0.3) is 5.69 Å². The normalized spacial score (nSPS) is 10.2. The highest BCUT2D eigenvalue weighted by molar-refractivity contribution is 5.93. The Morgan fingerprint density at radius 1 is 1.47 bits per heavy atom. The Morgan fingerprint density at radius 3 is 2.76 bits per heavy atom. The fraction of sp³-hybridized carbons (Fsp3) is 0.167. The summed E-state index contributed by atoms with van der Waals surface area (Å²) in [4.78, 5) is 15.2. The van der Waals surface area contributed by atoms with Crippen LogP contribution in [0.3, 0.4) is 0 Å². The lowest BCUT2D eigenvalue weighted by Gasteiger charge is -2.09. The number of benzene rings is 1. The van der Waals surface area contributed by atoms with Gasteiger partial charge in [0.05, 0.1) is 24.8 Å². The minimum atomic E-state index is -0.475. The summed E-state index contributed by atoms with van der Waals surface area (Å²) < 4.78 is 7.08. The summed E-state index contributed by atoms with van der Waals surface area (Å²) >= 11 is 0. The van der Waals surface area contributed by atoms with Gasteiger partial charge in [0.1, 0.15) is 5.75 Å². The quantitative estimate of drug-likeness (QED) is 0.865. The van der Waals surface area contributed by atoms with Crippen molar-refractivity contribution < 1.29 is 9.53 Å². The molecule has 17 heavy (non-hydrogen) atoms. The molecule has 0 unspecified atom stereocenters. The smallest absolute Gasteiger partial charge is 0.248 e. The standard InChI is InChI=1S/C12H13N3O2/c1-8-6-15(7-14-8)10-4-3-9(12(13)16)5-11(10)17-2/h3-7H,1-2H3,(H2,13,16). The molecule has 0 radical (unpaired) electrons. The number of rotatable bonds is 3. The summed E-state index contributed by atoms with van der Waals surface area (Å²) in [5.74, 6) is 0.107. The third-order valence-corrected chi connectivity index (χ3v) is 2.45. The van der Waals surface area contributed by atoms with Crippen molar-refractivity contribution in [3.8, 4) is 11.4 Å². The molecular weight excluding hydrogens is 218 g/mol. The Bertz CT molecular complexity index is 561. The molecule has 0 aliphatic carbocycles. The van der Waals surface area contributed by atoms with Gasteiger partial charge in [-0.1, -0.05) is 0 Å². The van der Waals surface area contributed by atoms with E-state index in [-0.39, 0.29) is 0 Å². The van der Waals surface area contributed by atoms with E-state index in [0.29, 0.717) is 11.3 Å². The average Bonchev–Trinajstić information content (AvgIpc) is 2.74. The van der Waals surface area contributed by atoms with Gasteiger partial charge < -0.3 is 15.0 Å². The molecule has 2 N–H and O–H groups in total. The van der Waals surface area contributed by atoms with Crippen LogP contribution in [0.4, 0.5) is 0 Å². The summed E-state index contributed by atoms with van der Waals surface area (Å²) in [5, 5.41) is 0. The van der Waals surface area contributed by atoms with E-state index in [1.807, 2.05) is 17.7 Å². The van der Waals surface area contributed by atoms with Crippen LogP contribution in [0.1, 0.15) is 16.1 Å². The van der Waals surface area contributed by atoms with Gasteiger partial charge in [0.15, 0.2) is 0 Å². The Balaban J connectivity index is 2.51. The SMILES string of the molecule is COc1cc(C(N)=O)ccc1-n1cnc(C)c1. The molecule has 0 bridgehead atoms. The number of hydrogen-bond donors (Lipinski definition) is 1. The van der Waals surface area contributed by atoms with E-state index in [1.54, 1.807) is 31.6 Å². The van der Waals surface area contributed by atoms with Gasteiger partial charge >= 0.3 is 0 Å². The summed E-state index contributed by atoms with van der Waals surface area (Å²) in [6.45, 7) is 1.90. The number of amides is 1. The molecule has 1 aromatic heterocycles. The third-order valence-electron chi connectivity index (χ3n) is 2.45. The average molecular weight is 231 g/mol. The second kappa shape index (κ2) is 4.29. The zero-order chi connectivity index (χ0) is 12.4. The zero-order valence-corrected chi connectivity index (χ0v) is 9.68. The van der Waals surface area contributed by atoms with Crippen LogP contribution in [-0.4, -0.2) is 22.6 Å². The van der Waals surface area contributed by atoms with Crippen LogP contribution in [0.15, 0.2) is 30.7 Å². The fourth-order valence-electron chi connectivity index (χ4n) is 1.60. The van der Waals surface area contributed by atoms with Crippen molar-refractivity contribution in [1.29, 1.82) is 0 Å². The highest BCUT2D eigenvalue weighted by atomic mass is 16.5. The van der Waals surface area contributed by atoms with Crippen molar-refractivity contribution in [1.82, 2.24) is 9.55 Å². The van der Waals surface area contributed by atoms with Gasteiger partial charge in [0.25, 0.3) is 0 Å². The molecule has 0 saturated carbocycles. The second-order valence-corrected chi connectivity index (χ2v) is 3.67. The lowest BCUT2D eigenvalue weighted by molar-refractivity contribution is 0.1000. The third kappa shape index (κ3) is 2.13. The van der Waals surface area contributed by atoms with Crippen LogP contribution in [0.5, 0.6) is 5.75 Å². The number of methoxy groups -OCH3 is 1. The molecular formula is C12H13N3O2. The summed E-state index contributed by atoms with van der Waals surface area (Å²) in [6, 6.07) is 5.06. The summed E-state index contributed by atoms with van der Waals surface area (Å²) in [5.41, 5.74) is 7.36. The number of aromatic nitrogens is 2. The van der Waals surface area contributed by atoms with Gasteiger partial charge in [-0.2, -0.15) is 0 Å². The predicted molar refractivity (Wildman–Crippen MR) is 63.4 cm³/mol. The number of hydrogen-bond acceptors (Lipinski definition) is 3. The van der Waals surface area contributed by atoms with Crippen molar-refractivity contribution in [3.05, 3.63) is 42.0 Å². The second-order valence-electron chi connectivity index (χ2n) is 3.67. The Morgan fingerprint density at radius 2 is 2.24 bits per heavy atom. The van der Waals surface area contributed by atoms with Crippen molar-refractivity contribution in [3.63, 3.8) is 0 Å². The molecule has 0 spiro atoms. The molecule has 88 valence electrons. The van der Waals surface area contributed by atoms with Crippen LogP contribution >= 0.6 is 0 Å². The van der Waals surface area contributed by atoms with Crippen LogP contribution in [-0.2, 0) is 0 Å². The van der Waals surface area contributed by atoms with E-state index in [4.69, 9.17) is 10.5 Å². The molecule has 5 heteroatoms. The van der Waals surface area contributed by atoms with Crippen molar-refractivity contribution in [2.45, 2.75) is 6.92 Å². The Kier molecular flexibility index (Phi) is 2.82. The fourth-order valence-corrected chi connectivity index (χ4v) is 1.60.